The van der Waals surface area contributed by atoms with Crippen molar-refractivity contribution in [3.63, 3.8) is 0 Å². The highest BCUT2D eigenvalue weighted by molar-refractivity contribution is 7.80. The van der Waals surface area contributed by atoms with Gasteiger partial charge in [0.15, 0.2) is 0 Å². The molecule has 1 aliphatic heterocycles. The molecule has 0 spiro atoms. The topological polar surface area (TPSA) is 55.6 Å². The van der Waals surface area contributed by atoms with Crippen LogP contribution in [0.15, 0.2) is 0 Å². The molecular weight excluding hydrogens is 236 g/mol. The molecule has 5 heteroatoms. The smallest absolute Gasteiger partial charge is 0.225 e. The summed E-state index contributed by atoms with van der Waals surface area (Å²) in [6.45, 7) is 1.75. The Morgan fingerprint density at radius 1 is 1.29 bits per heavy atom. The predicted molar refractivity (Wildman–Crippen MR) is 69.7 cm³/mol. The van der Waals surface area contributed by atoms with E-state index in [-0.39, 0.29) is 17.9 Å². The molecule has 1 amide bonds. The third-order valence-corrected chi connectivity index (χ3v) is 3.91. The molecule has 1 aliphatic carbocycles. The van der Waals surface area contributed by atoms with Crippen molar-refractivity contribution in [3.8, 4) is 0 Å². The van der Waals surface area contributed by atoms with Crippen LogP contribution in [-0.2, 0) is 9.53 Å². The zero-order valence-corrected chi connectivity index (χ0v) is 10.9. The van der Waals surface area contributed by atoms with Crippen molar-refractivity contribution in [1.29, 1.82) is 0 Å². The van der Waals surface area contributed by atoms with E-state index in [1.807, 2.05) is 4.90 Å². The lowest BCUT2D eigenvalue weighted by Gasteiger charge is -2.35. The maximum atomic E-state index is 12.3. The quantitative estimate of drug-likeness (QED) is 0.751. The molecule has 2 fully saturated rings. The molecule has 2 rings (SSSR count). The number of hydrogen-bond donors (Lipinski definition) is 1. The van der Waals surface area contributed by atoms with Gasteiger partial charge in [-0.2, -0.15) is 0 Å². The SMILES string of the molecule is NC(=S)C1CN(C(=O)C2CCCCC2)CCO1. The van der Waals surface area contributed by atoms with Crippen LogP contribution in [0, 0.1) is 5.92 Å². The number of nitrogens with two attached hydrogens (primary N) is 1. The Balaban J connectivity index is 1.91. The molecular formula is C12H20N2O2S. The highest BCUT2D eigenvalue weighted by Crippen LogP contribution is 2.26. The second-order valence-electron chi connectivity index (χ2n) is 4.88. The highest BCUT2D eigenvalue weighted by atomic mass is 32.1. The monoisotopic (exact) mass is 256 g/mol. The number of morpholine rings is 1. The van der Waals surface area contributed by atoms with Gasteiger partial charge in [0.25, 0.3) is 0 Å². The first-order chi connectivity index (χ1) is 8.18. The lowest BCUT2D eigenvalue weighted by atomic mass is 9.88. The molecule has 17 heavy (non-hydrogen) atoms. The number of nitrogens with zero attached hydrogens (tertiary/aromatic N) is 1. The number of ether oxygens (including phenoxy) is 1. The first kappa shape index (κ1) is 12.8. The van der Waals surface area contributed by atoms with E-state index in [9.17, 15) is 4.79 Å². The van der Waals surface area contributed by atoms with Gasteiger partial charge in [-0.25, -0.2) is 0 Å². The number of hydrogen-bond acceptors (Lipinski definition) is 3. The van der Waals surface area contributed by atoms with Crippen LogP contribution < -0.4 is 5.73 Å². The second-order valence-corrected chi connectivity index (χ2v) is 5.35. The standard InChI is InChI=1S/C12H20N2O2S/c13-11(17)10-8-14(6-7-16-10)12(15)9-4-2-1-3-5-9/h9-10H,1-8H2,(H2,13,17). The number of carbonyl (C=O) groups is 1. The van der Waals surface area contributed by atoms with Crippen LogP contribution in [-0.4, -0.2) is 41.6 Å². The van der Waals surface area contributed by atoms with Crippen molar-refractivity contribution >= 4 is 23.1 Å². The van der Waals surface area contributed by atoms with E-state index in [2.05, 4.69) is 0 Å². The summed E-state index contributed by atoms with van der Waals surface area (Å²) in [6.07, 6.45) is 5.44. The molecule has 0 bridgehead atoms. The van der Waals surface area contributed by atoms with Gasteiger partial charge in [-0.1, -0.05) is 31.5 Å². The van der Waals surface area contributed by atoms with Crippen LogP contribution in [0.2, 0.25) is 0 Å². The van der Waals surface area contributed by atoms with E-state index < -0.39 is 0 Å². The Bertz CT molecular complexity index is 303. The summed E-state index contributed by atoms with van der Waals surface area (Å²) in [7, 11) is 0. The van der Waals surface area contributed by atoms with Crippen LogP contribution in [0.4, 0.5) is 0 Å². The van der Waals surface area contributed by atoms with Gasteiger partial charge in [-0.05, 0) is 12.8 Å². The summed E-state index contributed by atoms with van der Waals surface area (Å²) in [6, 6.07) is 0. The summed E-state index contributed by atoms with van der Waals surface area (Å²) in [4.78, 5) is 14.5. The maximum absolute atomic E-state index is 12.3. The number of amides is 1. The van der Waals surface area contributed by atoms with Gasteiger partial charge < -0.3 is 15.4 Å². The molecule has 4 nitrogen and oxygen atoms in total. The average molecular weight is 256 g/mol. The van der Waals surface area contributed by atoms with Crippen molar-refractivity contribution in [1.82, 2.24) is 4.90 Å². The van der Waals surface area contributed by atoms with Gasteiger partial charge >= 0.3 is 0 Å². The van der Waals surface area contributed by atoms with E-state index in [4.69, 9.17) is 22.7 Å². The van der Waals surface area contributed by atoms with E-state index in [0.717, 1.165) is 12.8 Å². The Morgan fingerprint density at radius 2 is 2.00 bits per heavy atom. The summed E-state index contributed by atoms with van der Waals surface area (Å²) in [5, 5.41) is 0. The molecule has 0 aromatic rings. The van der Waals surface area contributed by atoms with Crippen LogP contribution in [0.3, 0.4) is 0 Å². The molecule has 1 atom stereocenters. The summed E-state index contributed by atoms with van der Waals surface area (Å²) in [5.41, 5.74) is 5.58. The molecule has 0 radical (unpaired) electrons. The van der Waals surface area contributed by atoms with Crippen molar-refractivity contribution in [2.24, 2.45) is 11.7 Å². The van der Waals surface area contributed by atoms with E-state index in [1.165, 1.54) is 19.3 Å². The van der Waals surface area contributed by atoms with Crippen LogP contribution in [0.1, 0.15) is 32.1 Å². The molecule has 1 unspecified atom stereocenters. The second kappa shape index (κ2) is 5.78. The van der Waals surface area contributed by atoms with Gasteiger partial charge in [-0.15, -0.1) is 0 Å². The van der Waals surface area contributed by atoms with Crippen molar-refractivity contribution < 1.29 is 9.53 Å². The fraction of sp³-hybridized carbons (Fsp3) is 0.833. The minimum Gasteiger partial charge on any atom is -0.391 e. The minimum atomic E-state index is -0.258. The molecule has 2 N–H and O–H groups in total. The van der Waals surface area contributed by atoms with E-state index in [1.54, 1.807) is 0 Å². The first-order valence-corrected chi connectivity index (χ1v) is 6.79. The minimum absolute atomic E-state index is 0.217. The maximum Gasteiger partial charge on any atom is 0.225 e. The third-order valence-electron chi connectivity index (χ3n) is 3.65. The third kappa shape index (κ3) is 3.16. The lowest BCUT2D eigenvalue weighted by molar-refractivity contribution is -0.142. The molecule has 1 saturated heterocycles. The lowest BCUT2D eigenvalue weighted by Crippen LogP contribution is -2.51. The molecule has 2 aliphatic rings. The Hall–Kier alpha value is -0.680. The van der Waals surface area contributed by atoms with Crippen molar-refractivity contribution in [3.05, 3.63) is 0 Å². The average Bonchev–Trinajstić information content (AvgIpc) is 2.39. The fourth-order valence-corrected chi connectivity index (χ4v) is 2.77. The molecule has 96 valence electrons. The zero-order valence-electron chi connectivity index (χ0n) is 10.1. The van der Waals surface area contributed by atoms with Crippen LogP contribution >= 0.6 is 12.2 Å². The molecule has 1 heterocycles. The number of carbonyl (C=O) groups excluding carboxylic acids is 1. The van der Waals surface area contributed by atoms with Gasteiger partial charge in [0.05, 0.1) is 13.2 Å². The number of thiocarbonyl (C=S) groups is 1. The summed E-state index contributed by atoms with van der Waals surface area (Å²) >= 11 is 4.93. The van der Waals surface area contributed by atoms with Crippen molar-refractivity contribution in [2.45, 2.75) is 38.2 Å². The molecule has 0 aromatic heterocycles. The van der Waals surface area contributed by atoms with Gasteiger partial charge in [0.1, 0.15) is 11.1 Å². The Morgan fingerprint density at radius 3 is 2.65 bits per heavy atom. The Kier molecular flexibility index (Phi) is 4.34. The predicted octanol–water partition coefficient (Wildman–Crippen LogP) is 1.08. The van der Waals surface area contributed by atoms with Gasteiger partial charge in [0.2, 0.25) is 5.91 Å². The normalized spacial score (nSPS) is 26.8. The fourth-order valence-electron chi connectivity index (χ4n) is 2.63. The van der Waals surface area contributed by atoms with Crippen LogP contribution in [0.25, 0.3) is 0 Å². The van der Waals surface area contributed by atoms with Gasteiger partial charge in [0, 0.05) is 12.5 Å². The number of rotatable bonds is 2. The highest BCUT2D eigenvalue weighted by Gasteiger charge is 2.30. The first-order valence-electron chi connectivity index (χ1n) is 6.38. The van der Waals surface area contributed by atoms with E-state index >= 15 is 0 Å². The molecule has 1 saturated carbocycles. The van der Waals surface area contributed by atoms with Crippen molar-refractivity contribution in [2.75, 3.05) is 19.7 Å². The molecule has 0 aromatic carbocycles. The largest absolute Gasteiger partial charge is 0.391 e. The zero-order chi connectivity index (χ0) is 12.3. The van der Waals surface area contributed by atoms with Crippen LogP contribution in [0.5, 0.6) is 0 Å². The van der Waals surface area contributed by atoms with Gasteiger partial charge in [-0.3, -0.25) is 4.79 Å². The Labute approximate surface area is 107 Å². The summed E-state index contributed by atoms with van der Waals surface area (Å²) in [5.74, 6) is 0.489. The summed E-state index contributed by atoms with van der Waals surface area (Å²) < 4.78 is 5.45. The van der Waals surface area contributed by atoms with E-state index in [0.29, 0.717) is 24.7 Å².